The van der Waals surface area contributed by atoms with E-state index in [0.717, 1.165) is 32.2 Å². The molecular formula is C21H31N3O3S. The number of carbonyl (C=O) groups excluding carboxylic acids is 1. The Hall–Kier alpha value is -1.75. The summed E-state index contributed by atoms with van der Waals surface area (Å²) in [6.45, 7) is 10.6. The van der Waals surface area contributed by atoms with Crippen molar-refractivity contribution in [3.63, 3.8) is 0 Å². The first kappa shape index (κ1) is 22.5. The minimum Gasteiger partial charge on any atom is -0.593 e. The highest BCUT2D eigenvalue weighted by atomic mass is 32.2. The number of rotatable bonds is 4. The monoisotopic (exact) mass is 405 g/mol. The normalized spacial score (nSPS) is 19.7. The Kier molecular flexibility index (Phi) is 7.38. The largest absolute Gasteiger partial charge is 0.593 e. The zero-order valence-corrected chi connectivity index (χ0v) is 18.3. The van der Waals surface area contributed by atoms with Gasteiger partial charge in [0.2, 0.25) is 0 Å². The van der Waals surface area contributed by atoms with Crippen LogP contribution in [-0.2, 0) is 16.1 Å². The van der Waals surface area contributed by atoms with Gasteiger partial charge in [-0.1, -0.05) is 5.92 Å². The first-order valence-corrected chi connectivity index (χ1v) is 10.8. The summed E-state index contributed by atoms with van der Waals surface area (Å²) in [6, 6.07) is 3.41. The van der Waals surface area contributed by atoms with Crippen molar-refractivity contribution in [2.24, 2.45) is 11.1 Å². The summed E-state index contributed by atoms with van der Waals surface area (Å²) in [4.78, 5) is 19.0. The van der Waals surface area contributed by atoms with Gasteiger partial charge in [0.1, 0.15) is 11.3 Å². The fourth-order valence-electron chi connectivity index (χ4n) is 3.42. The maximum atomic E-state index is 12.5. The fraction of sp³-hybridized carbons (Fsp3) is 0.619. The van der Waals surface area contributed by atoms with Crippen molar-refractivity contribution < 1.29 is 14.1 Å². The molecule has 0 saturated carbocycles. The maximum absolute atomic E-state index is 12.5. The predicted molar refractivity (Wildman–Crippen MR) is 111 cm³/mol. The quantitative estimate of drug-likeness (QED) is 0.469. The van der Waals surface area contributed by atoms with E-state index in [1.807, 2.05) is 25.7 Å². The third-order valence-electron chi connectivity index (χ3n) is 4.67. The Bertz CT molecular complexity index is 730. The molecule has 1 fully saturated rings. The Labute approximate surface area is 171 Å². The lowest BCUT2D eigenvalue weighted by molar-refractivity contribution is 0.0131. The first-order chi connectivity index (χ1) is 13.0. The van der Waals surface area contributed by atoms with Crippen molar-refractivity contribution >= 4 is 17.5 Å². The number of hydrogen-bond acceptors (Lipinski definition) is 5. The van der Waals surface area contributed by atoms with E-state index in [1.54, 1.807) is 12.1 Å². The van der Waals surface area contributed by atoms with Crippen LogP contribution in [0.2, 0.25) is 0 Å². The molecule has 0 radical (unpaired) electrons. The zero-order chi connectivity index (χ0) is 20.9. The van der Waals surface area contributed by atoms with Gasteiger partial charge in [-0.3, -0.25) is 0 Å². The molecule has 1 aliphatic rings. The van der Waals surface area contributed by atoms with Crippen molar-refractivity contribution in [3.8, 4) is 11.8 Å². The molecule has 2 rings (SSSR count). The summed E-state index contributed by atoms with van der Waals surface area (Å²) in [6.07, 6.45) is 5.00. The van der Waals surface area contributed by atoms with Crippen LogP contribution >= 0.6 is 0 Å². The highest BCUT2D eigenvalue weighted by molar-refractivity contribution is 7.89. The van der Waals surface area contributed by atoms with Gasteiger partial charge < -0.3 is 14.2 Å². The van der Waals surface area contributed by atoms with Gasteiger partial charge in [0.25, 0.3) is 0 Å². The fourth-order valence-corrected chi connectivity index (χ4v) is 3.78. The minimum atomic E-state index is -1.51. The van der Waals surface area contributed by atoms with Gasteiger partial charge in [-0.05, 0) is 77.9 Å². The number of amides is 1. The van der Waals surface area contributed by atoms with Crippen molar-refractivity contribution in [2.75, 3.05) is 6.54 Å². The minimum absolute atomic E-state index is 0.187. The van der Waals surface area contributed by atoms with Crippen LogP contribution in [0.15, 0.2) is 23.2 Å². The lowest BCUT2D eigenvalue weighted by Gasteiger charge is -2.33. The van der Waals surface area contributed by atoms with Crippen molar-refractivity contribution in [2.45, 2.75) is 76.3 Å². The number of ether oxygens (including phenoxy) is 1. The summed E-state index contributed by atoms with van der Waals surface area (Å²) in [5, 5.41) is 5.30. The van der Waals surface area contributed by atoms with Crippen LogP contribution in [-0.4, -0.2) is 38.2 Å². The average Bonchev–Trinajstić information content (AvgIpc) is 2.88. The summed E-state index contributed by atoms with van der Waals surface area (Å²) >= 11 is -1.51. The number of nitrogens with two attached hydrogens (primary N) is 1. The summed E-state index contributed by atoms with van der Waals surface area (Å²) in [7, 11) is 0. The second kappa shape index (κ2) is 9.17. The lowest BCUT2D eigenvalue weighted by atomic mass is 9.93. The molecule has 1 saturated heterocycles. The van der Waals surface area contributed by atoms with E-state index in [-0.39, 0.29) is 11.6 Å². The molecule has 0 bridgehead atoms. The lowest BCUT2D eigenvalue weighted by Crippen LogP contribution is -2.45. The third-order valence-corrected chi connectivity index (χ3v) is 5.38. The van der Waals surface area contributed by atoms with Crippen molar-refractivity contribution in [1.82, 2.24) is 9.88 Å². The van der Waals surface area contributed by atoms with E-state index in [2.05, 4.69) is 30.7 Å². The topological polar surface area (TPSA) is 91.5 Å². The summed E-state index contributed by atoms with van der Waals surface area (Å²) in [5.41, 5.74) is -0.0213. The number of aromatic nitrogens is 1. The molecule has 1 amide bonds. The van der Waals surface area contributed by atoms with E-state index >= 15 is 0 Å². The van der Waals surface area contributed by atoms with Crippen LogP contribution in [0.5, 0.6) is 0 Å². The second-order valence-electron chi connectivity index (χ2n) is 8.84. The molecule has 2 N–H and O–H groups in total. The molecule has 1 aliphatic heterocycles. The highest BCUT2D eigenvalue weighted by Gasteiger charge is 2.42. The third kappa shape index (κ3) is 6.69. The molecule has 28 heavy (non-hydrogen) atoms. The number of hydrogen-bond donors (Lipinski definition) is 1. The Morgan fingerprint density at radius 3 is 2.75 bits per heavy atom. The van der Waals surface area contributed by atoms with Crippen LogP contribution < -0.4 is 5.14 Å². The molecule has 2 atom stereocenters. The average molecular weight is 406 g/mol. The Morgan fingerprint density at radius 2 is 2.18 bits per heavy atom. The Balaban J connectivity index is 1.80. The molecule has 0 spiro atoms. The van der Waals surface area contributed by atoms with E-state index in [1.165, 1.54) is 6.20 Å². The highest BCUT2D eigenvalue weighted by Crippen LogP contribution is 2.36. The number of carbonyl (C=O) groups is 1. The van der Waals surface area contributed by atoms with Gasteiger partial charge in [0, 0.05) is 18.5 Å². The van der Waals surface area contributed by atoms with Crippen LogP contribution in [0.4, 0.5) is 4.79 Å². The van der Waals surface area contributed by atoms with Crippen molar-refractivity contribution in [3.05, 3.63) is 24.0 Å². The Morgan fingerprint density at radius 1 is 1.46 bits per heavy atom. The van der Waals surface area contributed by atoms with Gasteiger partial charge in [-0.15, -0.1) is 5.14 Å². The predicted octanol–water partition coefficient (Wildman–Crippen LogP) is 3.62. The van der Waals surface area contributed by atoms with Gasteiger partial charge in [-0.2, -0.15) is 0 Å². The molecular weight excluding hydrogens is 374 g/mol. The van der Waals surface area contributed by atoms with Crippen LogP contribution in [0.1, 0.15) is 66.0 Å². The van der Waals surface area contributed by atoms with E-state index < -0.39 is 17.0 Å². The molecule has 7 heteroatoms. The number of pyridine rings is 1. The molecule has 0 aromatic carbocycles. The second-order valence-corrected chi connectivity index (χ2v) is 9.91. The van der Waals surface area contributed by atoms with E-state index in [9.17, 15) is 9.35 Å². The molecule has 1 aromatic rings. The van der Waals surface area contributed by atoms with Crippen LogP contribution in [0.3, 0.4) is 0 Å². The van der Waals surface area contributed by atoms with E-state index in [4.69, 9.17) is 9.88 Å². The maximum Gasteiger partial charge on any atom is 0.410 e. The standard InChI is InChI=1S/C21H31N3O3S/c1-20(2,3)27-19(25)24-15-16(13-21(24,4)5)9-7-6-8-10-17-11-12-18(14-23-17)28(22)26/h11-12,14,16H,6-7,9,13,15,22H2,1-5H3. The summed E-state index contributed by atoms with van der Waals surface area (Å²) < 4.78 is 16.7. The van der Waals surface area contributed by atoms with Gasteiger partial charge >= 0.3 is 6.09 Å². The first-order valence-electron chi connectivity index (χ1n) is 9.60. The molecule has 0 aliphatic carbocycles. The van der Waals surface area contributed by atoms with Gasteiger partial charge in [0.05, 0.1) is 17.6 Å². The van der Waals surface area contributed by atoms with Gasteiger partial charge in [0.15, 0.2) is 4.90 Å². The molecule has 2 unspecified atom stereocenters. The number of unbranched alkanes of at least 4 members (excludes halogenated alkanes) is 1. The SMILES string of the molecule is CC(C)(C)OC(=O)N1CC(CCCC#Cc2ccc([S+](N)[O-])cn2)CC1(C)C. The van der Waals surface area contributed by atoms with Crippen LogP contribution in [0.25, 0.3) is 0 Å². The van der Waals surface area contributed by atoms with Gasteiger partial charge in [-0.25, -0.2) is 9.78 Å². The van der Waals surface area contributed by atoms with Crippen molar-refractivity contribution in [1.29, 1.82) is 0 Å². The molecule has 2 heterocycles. The number of nitrogens with zero attached hydrogens (tertiary/aromatic N) is 2. The van der Waals surface area contributed by atoms with E-state index in [0.29, 0.717) is 16.5 Å². The molecule has 1 aromatic heterocycles. The molecule has 6 nitrogen and oxygen atoms in total. The molecule has 154 valence electrons. The zero-order valence-electron chi connectivity index (χ0n) is 17.4. The smallest absolute Gasteiger partial charge is 0.410 e. The summed E-state index contributed by atoms with van der Waals surface area (Å²) in [5.74, 6) is 6.61. The number of likely N-dealkylation sites (tertiary alicyclic amines) is 1. The van der Waals surface area contributed by atoms with Crippen LogP contribution in [0, 0.1) is 17.8 Å².